The molecule has 0 aliphatic carbocycles. The molecule has 0 amide bonds. The topological polar surface area (TPSA) is 87.0 Å². The molecule has 0 heterocycles. The predicted molar refractivity (Wildman–Crippen MR) is 115 cm³/mol. The Morgan fingerprint density at radius 2 is 0.963 bits per heavy atom. The second-order valence-electron chi connectivity index (χ2n) is 7.16. The summed E-state index contributed by atoms with van der Waals surface area (Å²) in [6.07, 6.45) is 26.5. The lowest BCUT2D eigenvalue weighted by molar-refractivity contribution is 0.240. The van der Waals surface area contributed by atoms with Crippen LogP contribution < -0.4 is 0 Å². The smallest absolute Gasteiger partial charge is 0.466 e. The fraction of sp³-hybridized carbons (Fsp3) is 0.905. The van der Waals surface area contributed by atoms with E-state index < -0.39 is 7.82 Å². The number of rotatable bonds is 18. The molecule has 0 saturated carbocycles. The molecule has 27 heavy (non-hydrogen) atoms. The van der Waals surface area contributed by atoms with Crippen molar-refractivity contribution < 1.29 is 24.0 Å². The summed E-state index contributed by atoms with van der Waals surface area (Å²) in [5.41, 5.74) is 0. The molecule has 0 fully saturated rings. The Morgan fingerprint density at radius 3 is 1.26 bits per heavy atom. The second-order valence-corrected chi connectivity index (χ2v) is 8.18. The summed E-state index contributed by atoms with van der Waals surface area (Å²) in [4.78, 5) is 21.6. The van der Waals surface area contributed by atoms with Gasteiger partial charge in [-0.25, -0.2) is 4.57 Å². The van der Waals surface area contributed by atoms with E-state index in [1.165, 1.54) is 103 Å². The summed E-state index contributed by atoms with van der Waals surface area (Å²) in [5, 5.41) is 0. The fourth-order valence-electron chi connectivity index (χ4n) is 2.90. The highest BCUT2D eigenvalue weighted by atomic mass is 31.2. The van der Waals surface area contributed by atoms with Gasteiger partial charge in [0.15, 0.2) is 0 Å². The van der Waals surface area contributed by atoms with Crippen molar-refractivity contribution in [3.63, 3.8) is 0 Å². The van der Waals surface area contributed by atoms with Gasteiger partial charge in [-0.1, -0.05) is 109 Å². The molecule has 0 unspecified atom stereocenters. The van der Waals surface area contributed by atoms with Crippen molar-refractivity contribution in [1.82, 2.24) is 0 Å². The minimum atomic E-state index is -4.64. The van der Waals surface area contributed by atoms with E-state index in [1.807, 2.05) is 13.0 Å². The van der Waals surface area contributed by atoms with Crippen LogP contribution in [-0.4, -0.2) is 21.3 Å². The minimum absolute atomic E-state index is 0.892. The van der Waals surface area contributed by atoms with E-state index in [0.717, 1.165) is 6.61 Å². The van der Waals surface area contributed by atoms with Gasteiger partial charge in [0, 0.05) is 0 Å². The standard InChI is InChI=1S/C21H42O.H3O4P/c1-3-5-6-7-8-9-10-11-12-13-14-15-16-17-18-19-21-22-20-4-2;1-5(2,3)4/h4,20H,3,5-19,21H2,1-2H3;(H3,1,2,3,4). The maximum atomic E-state index is 8.88. The van der Waals surface area contributed by atoms with Crippen LogP contribution in [0.4, 0.5) is 0 Å². The molecule has 0 rings (SSSR count). The molecule has 0 bridgehead atoms. The molecule has 5 nitrogen and oxygen atoms in total. The van der Waals surface area contributed by atoms with Crippen LogP contribution in [0.25, 0.3) is 0 Å². The van der Waals surface area contributed by atoms with Gasteiger partial charge in [0.2, 0.25) is 0 Å². The van der Waals surface area contributed by atoms with Crippen LogP contribution in [0.3, 0.4) is 0 Å². The molecule has 0 aromatic carbocycles. The molecule has 0 aromatic heterocycles. The van der Waals surface area contributed by atoms with Gasteiger partial charge in [0.25, 0.3) is 0 Å². The summed E-state index contributed by atoms with van der Waals surface area (Å²) in [6, 6.07) is 0. The third-order valence-corrected chi connectivity index (χ3v) is 4.35. The highest BCUT2D eigenvalue weighted by Gasteiger charge is 2.00. The highest BCUT2D eigenvalue weighted by Crippen LogP contribution is 2.25. The van der Waals surface area contributed by atoms with E-state index in [2.05, 4.69) is 6.92 Å². The number of hydrogen-bond donors (Lipinski definition) is 3. The molecule has 0 radical (unpaired) electrons. The van der Waals surface area contributed by atoms with Gasteiger partial charge >= 0.3 is 7.82 Å². The monoisotopic (exact) mass is 408 g/mol. The van der Waals surface area contributed by atoms with Crippen LogP contribution >= 0.6 is 7.82 Å². The average molecular weight is 409 g/mol. The molecule has 0 atom stereocenters. The van der Waals surface area contributed by atoms with Gasteiger partial charge in [-0.15, -0.1) is 0 Å². The maximum absolute atomic E-state index is 8.88. The Kier molecular flexibility index (Phi) is 25.3. The van der Waals surface area contributed by atoms with Crippen LogP contribution in [0.2, 0.25) is 0 Å². The van der Waals surface area contributed by atoms with Crippen molar-refractivity contribution in [3.8, 4) is 0 Å². The summed E-state index contributed by atoms with van der Waals surface area (Å²) >= 11 is 0. The van der Waals surface area contributed by atoms with Gasteiger partial charge in [-0.3, -0.25) is 0 Å². The van der Waals surface area contributed by atoms with Crippen LogP contribution in [-0.2, 0) is 9.30 Å². The molecule has 0 saturated heterocycles. The number of phosphoric acid groups is 1. The first-order valence-corrected chi connectivity index (χ1v) is 12.5. The first kappa shape index (κ1) is 28.9. The minimum Gasteiger partial charge on any atom is -0.502 e. The van der Waals surface area contributed by atoms with E-state index >= 15 is 0 Å². The van der Waals surface area contributed by atoms with Crippen molar-refractivity contribution >= 4 is 7.82 Å². The van der Waals surface area contributed by atoms with Crippen molar-refractivity contribution in [2.45, 2.75) is 117 Å². The zero-order valence-electron chi connectivity index (χ0n) is 17.8. The van der Waals surface area contributed by atoms with Gasteiger partial charge < -0.3 is 19.4 Å². The summed E-state index contributed by atoms with van der Waals surface area (Å²) in [5.74, 6) is 0. The first-order chi connectivity index (χ1) is 12.9. The zero-order valence-corrected chi connectivity index (χ0v) is 18.7. The Morgan fingerprint density at radius 1 is 0.667 bits per heavy atom. The maximum Gasteiger partial charge on any atom is 0.466 e. The Balaban J connectivity index is 0. The van der Waals surface area contributed by atoms with Crippen LogP contribution in [0.1, 0.15) is 117 Å². The van der Waals surface area contributed by atoms with Gasteiger partial charge in [0.1, 0.15) is 0 Å². The SMILES string of the molecule is CC=COCCCCCCCCCCCCCCCCCC.O=P(O)(O)O. The molecule has 0 aliphatic heterocycles. The molecule has 6 heteroatoms. The Bertz CT molecular complexity index is 333. The largest absolute Gasteiger partial charge is 0.502 e. The molecular formula is C21H45O5P. The summed E-state index contributed by atoms with van der Waals surface area (Å²) < 4.78 is 14.2. The zero-order chi connectivity index (χ0) is 20.6. The normalized spacial score (nSPS) is 11.4. The van der Waals surface area contributed by atoms with Crippen molar-refractivity contribution in [2.24, 2.45) is 0 Å². The number of unbranched alkanes of at least 4 members (excludes halogenated alkanes) is 15. The van der Waals surface area contributed by atoms with Gasteiger partial charge in [-0.2, -0.15) is 0 Å². The van der Waals surface area contributed by atoms with Crippen LogP contribution in [0.15, 0.2) is 12.3 Å². The molecule has 0 aliphatic rings. The Labute approximate surface area is 167 Å². The summed E-state index contributed by atoms with van der Waals surface area (Å²) in [7, 11) is -4.64. The molecule has 3 N–H and O–H groups in total. The number of ether oxygens (including phenoxy) is 1. The van der Waals surface area contributed by atoms with E-state index in [-0.39, 0.29) is 0 Å². The van der Waals surface area contributed by atoms with E-state index in [4.69, 9.17) is 24.0 Å². The van der Waals surface area contributed by atoms with Crippen molar-refractivity contribution in [3.05, 3.63) is 12.3 Å². The number of allylic oxidation sites excluding steroid dienone is 1. The molecule has 0 spiro atoms. The molecular weight excluding hydrogens is 363 g/mol. The molecule has 0 aromatic rings. The molecule has 164 valence electrons. The van der Waals surface area contributed by atoms with Gasteiger partial charge in [-0.05, 0) is 13.3 Å². The van der Waals surface area contributed by atoms with Gasteiger partial charge in [0.05, 0.1) is 12.9 Å². The second kappa shape index (κ2) is 23.7. The van der Waals surface area contributed by atoms with Crippen LogP contribution in [0, 0.1) is 0 Å². The number of hydrogen-bond acceptors (Lipinski definition) is 2. The van der Waals surface area contributed by atoms with E-state index in [0.29, 0.717) is 0 Å². The fourth-order valence-corrected chi connectivity index (χ4v) is 2.90. The lowest BCUT2D eigenvalue weighted by Crippen LogP contribution is -1.88. The third kappa shape index (κ3) is 41.2. The average Bonchev–Trinajstić information content (AvgIpc) is 2.59. The third-order valence-electron chi connectivity index (χ3n) is 4.35. The van der Waals surface area contributed by atoms with Crippen molar-refractivity contribution in [1.29, 1.82) is 0 Å². The predicted octanol–water partition coefficient (Wildman–Crippen LogP) is 6.87. The quantitative estimate of drug-likeness (QED) is 0.131. The Hall–Kier alpha value is -0.350. The van der Waals surface area contributed by atoms with Crippen LogP contribution in [0.5, 0.6) is 0 Å². The first-order valence-electron chi connectivity index (χ1n) is 10.9. The lowest BCUT2D eigenvalue weighted by atomic mass is 10.0. The lowest BCUT2D eigenvalue weighted by Gasteiger charge is -2.03. The highest BCUT2D eigenvalue weighted by molar-refractivity contribution is 7.45. The van der Waals surface area contributed by atoms with E-state index in [1.54, 1.807) is 6.26 Å². The van der Waals surface area contributed by atoms with E-state index in [9.17, 15) is 0 Å². The van der Waals surface area contributed by atoms with Crippen molar-refractivity contribution in [2.75, 3.05) is 6.61 Å². The summed E-state index contributed by atoms with van der Waals surface area (Å²) in [6.45, 7) is 5.18.